The number of rotatable bonds is 4. The molecular weight excluding hydrogens is 258 g/mol. The molecule has 3 rings (SSSR count). The van der Waals surface area contributed by atoms with Gasteiger partial charge in [-0.2, -0.15) is 0 Å². The summed E-state index contributed by atoms with van der Waals surface area (Å²) in [6.07, 6.45) is 3.70. The molecule has 1 unspecified atom stereocenters. The summed E-state index contributed by atoms with van der Waals surface area (Å²) in [4.78, 5) is 8.67. The van der Waals surface area contributed by atoms with E-state index in [1.54, 1.807) is 0 Å². The van der Waals surface area contributed by atoms with Gasteiger partial charge in [0.05, 0.1) is 11.6 Å². The quantitative estimate of drug-likeness (QED) is 0.791. The Labute approximate surface area is 125 Å². The number of fused-ring (bicyclic) bond motifs is 1. The largest absolute Gasteiger partial charge is 0.307 e. The van der Waals surface area contributed by atoms with Crippen molar-refractivity contribution < 1.29 is 0 Å². The summed E-state index contributed by atoms with van der Waals surface area (Å²) in [7, 11) is 0. The second kappa shape index (κ2) is 6.02. The van der Waals surface area contributed by atoms with Crippen molar-refractivity contribution in [3.05, 3.63) is 71.7 Å². The highest BCUT2D eigenvalue weighted by atomic mass is 14.9. The number of nitrogens with one attached hydrogen (secondary N) is 1. The van der Waals surface area contributed by atoms with Crippen LogP contribution in [0.1, 0.15) is 29.8 Å². The van der Waals surface area contributed by atoms with Crippen molar-refractivity contribution in [2.24, 2.45) is 0 Å². The molecule has 0 aliphatic rings. The SMILES string of the molecule is CCNC(c1ccnc(C)c1)c1ccc2ncccc2c1. The first-order valence-corrected chi connectivity index (χ1v) is 7.28. The molecule has 0 radical (unpaired) electrons. The minimum absolute atomic E-state index is 0.182. The van der Waals surface area contributed by atoms with Crippen molar-refractivity contribution in [3.63, 3.8) is 0 Å². The van der Waals surface area contributed by atoms with Crippen LogP contribution in [0.25, 0.3) is 10.9 Å². The van der Waals surface area contributed by atoms with Crippen LogP contribution in [0.4, 0.5) is 0 Å². The molecule has 0 saturated heterocycles. The van der Waals surface area contributed by atoms with Crippen molar-refractivity contribution >= 4 is 10.9 Å². The summed E-state index contributed by atoms with van der Waals surface area (Å²) in [5.41, 5.74) is 4.57. The van der Waals surface area contributed by atoms with Gasteiger partial charge in [-0.1, -0.05) is 19.1 Å². The first-order valence-electron chi connectivity index (χ1n) is 7.28. The van der Waals surface area contributed by atoms with E-state index in [0.29, 0.717) is 0 Å². The summed E-state index contributed by atoms with van der Waals surface area (Å²) < 4.78 is 0. The van der Waals surface area contributed by atoms with Gasteiger partial charge in [0.25, 0.3) is 0 Å². The van der Waals surface area contributed by atoms with Gasteiger partial charge in [0, 0.05) is 23.5 Å². The van der Waals surface area contributed by atoms with E-state index < -0.39 is 0 Å². The van der Waals surface area contributed by atoms with Gasteiger partial charge >= 0.3 is 0 Å². The number of aromatic nitrogens is 2. The second-order valence-corrected chi connectivity index (χ2v) is 5.18. The van der Waals surface area contributed by atoms with E-state index in [9.17, 15) is 0 Å². The van der Waals surface area contributed by atoms with Crippen LogP contribution in [0.3, 0.4) is 0 Å². The smallest absolute Gasteiger partial charge is 0.0702 e. The zero-order valence-electron chi connectivity index (χ0n) is 12.4. The van der Waals surface area contributed by atoms with Crippen LogP contribution in [0.2, 0.25) is 0 Å². The molecule has 0 aliphatic carbocycles. The molecule has 1 N–H and O–H groups in total. The molecule has 106 valence electrons. The van der Waals surface area contributed by atoms with Crippen LogP contribution in [-0.2, 0) is 0 Å². The Hall–Kier alpha value is -2.26. The van der Waals surface area contributed by atoms with Crippen molar-refractivity contribution in [2.45, 2.75) is 19.9 Å². The maximum absolute atomic E-state index is 4.38. The van der Waals surface area contributed by atoms with Crippen molar-refractivity contribution in [1.29, 1.82) is 0 Å². The van der Waals surface area contributed by atoms with E-state index in [4.69, 9.17) is 0 Å². The third-order valence-corrected chi connectivity index (χ3v) is 3.62. The lowest BCUT2D eigenvalue weighted by Crippen LogP contribution is -2.22. The predicted molar refractivity (Wildman–Crippen MR) is 86.2 cm³/mol. The van der Waals surface area contributed by atoms with E-state index in [1.807, 2.05) is 25.4 Å². The highest BCUT2D eigenvalue weighted by Crippen LogP contribution is 2.25. The molecule has 0 saturated carbocycles. The molecule has 1 atom stereocenters. The van der Waals surface area contributed by atoms with Crippen LogP contribution in [0.15, 0.2) is 54.9 Å². The van der Waals surface area contributed by atoms with Crippen molar-refractivity contribution in [3.8, 4) is 0 Å². The standard InChI is InChI=1S/C18H19N3/c1-3-19-18(16-8-10-20-13(2)11-16)15-6-7-17-14(12-15)5-4-9-21-17/h4-12,18-19H,3H2,1-2H3. The van der Waals surface area contributed by atoms with Crippen LogP contribution >= 0.6 is 0 Å². The fraction of sp³-hybridized carbons (Fsp3) is 0.222. The van der Waals surface area contributed by atoms with Crippen LogP contribution in [-0.4, -0.2) is 16.5 Å². The Kier molecular flexibility index (Phi) is 3.93. The van der Waals surface area contributed by atoms with Gasteiger partial charge in [-0.15, -0.1) is 0 Å². The van der Waals surface area contributed by atoms with Crippen LogP contribution in [0, 0.1) is 6.92 Å². The lowest BCUT2D eigenvalue weighted by atomic mass is 9.97. The van der Waals surface area contributed by atoms with Gasteiger partial charge in [-0.25, -0.2) is 0 Å². The fourth-order valence-corrected chi connectivity index (χ4v) is 2.65. The minimum atomic E-state index is 0.182. The Balaban J connectivity index is 2.06. The molecule has 0 amide bonds. The van der Waals surface area contributed by atoms with Gasteiger partial charge in [0.15, 0.2) is 0 Å². The number of aryl methyl sites for hydroxylation is 1. The Morgan fingerprint density at radius 1 is 1.00 bits per heavy atom. The molecule has 21 heavy (non-hydrogen) atoms. The van der Waals surface area contributed by atoms with Crippen LogP contribution < -0.4 is 5.32 Å². The monoisotopic (exact) mass is 277 g/mol. The zero-order chi connectivity index (χ0) is 14.7. The van der Waals surface area contributed by atoms with Crippen LogP contribution in [0.5, 0.6) is 0 Å². The van der Waals surface area contributed by atoms with Gasteiger partial charge < -0.3 is 5.32 Å². The summed E-state index contributed by atoms with van der Waals surface area (Å²) in [5.74, 6) is 0. The number of benzene rings is 1. The van der Waals surface area contributed by atoms with E-state index in [-0.39, 0.29) is 6.04 Å². The van der Waals surface area contributed by atoms with Gasteiger partial charge in [0.2, 0.25) is 0 Å². The molecule has 0 fully saturated rings. The summed E-state index contributed by atoms with van der Waals surface area (Å²) in [5, 5.41) is 4.73. The molecule has 0 bridgehead atoms. The first kappa shape index (κ1) is 13.7. The van der Waals surface area contributed by atoms with E-state index >= 15 is 0 Å². The highest BCUT2D eigenvalue weighted by molar-refractivity contribution is 5.79. The van der Waals surface area contributed by atoms with Gasteiger partial charge in [-0.3, -0.25) is 9.97 Å². The first-order chi connectivity index (χ1) is 10.3. The van der Waals surface area contributed by atoms with E-state index in [2.05, 4.69) is 58.6 Å². The van der Waals surface area contributed by atoms with E-state index in [0.717, 1.165) is 17.8 Å². The Morgan fingerprint density at radius 3 is 2.67 bits per heavy atom. The lowest BCUT2D eigenvalue weighted by molar-refractivity contribution is 0.630. The molecule has 2 heterocycles. The predicted octanol–water partition coefficient (Wildman–Crippen LogP) is 3.64. The van der Waals surface area contributed by atoms with Gasteiger partial charge in [0.1, 0.15) is 0 Å². The fourth-order valence-electron chi connectivity index (χ4n) is 2.65. The Morgan fingerprint density at radius 2 is 1.86 bits per heavy atom. The molecule has 1 aromatic carbocycles. The second-order valence-electron chi connectivity index (χ2n) is 5.18. The third kappa shape index (κ3) is 2.93. The van der Waals surface area contributed by atoms with Gasteiger partial charge in [-0.05, 0) is 54.9 Å². The molecule has 3 aromatic rings. The van der Waals surface area contributed by atoms with E-state index in [1.165, 1.54) is 16.5 Å². The molecule has 3 heteroatoms. The van der Waals surface area contributed by atoms with Crippen molar-refractivity contribution in [1.82, 2.24) is 15.3 Å². The zero-order valence-corrected chi connectivity index (χ0v) is 12.4. The highest BCUT2D eigenvalue weighted by Gasteiger charge is 2.13. The summed E-state index contributed by atoms with van der Waals surface area (Å²) in [6, 6.07) is 14.9. The van der Waals surface area contributed by atoms with Crippen molar-refractivity contribution in [2.75, 3.05) is 6.54 Å². The third-order valence-electron chi connectivity index (χ3n) is 3.62. The maximum Gasteiger partial charge on any atom is 0.0702 e. The maximum atomic E-state index is 4.38. The normalized spacial score (nSPS) is 12.5. The Bertz CT molecular complexity index is 752. The molecule has 3 nitrogen and oxygen atoms in total. The number of hydrogen-bond donors (Lipinski definition) is 1. The molecule has 0 spiro atoms. The number of nitrogens with zero attached hydrogens (tertiary/aromatic N) is 2. The molecular formula is C18H19N3. The number of pyridine rings is 2. The summed E-state index contributed by atoms with van der Waals surface area (Å²) >= 11 is 0. The average molecular weight is 277 g/mol. The number of hydrogen-bond acceptors (Lipinski definition) is 3. The molecule has 2 aromatic heterocycles. The average Bonchev–Trinajstić information content (AvgIpc) is 2.52. The minimum Gasteiger partial charge on any atom is -0.307 e. The topological polar surface area (TPSA) is 37.8 Å². The molecule has 0 aliphatic heterocycles. The summed E-state index contributed by atoms with van der Waals surface area (Å²) in [6.45, 7) is 5.07. The lowest BCUT2D eigenvalue weighted by Gasteiger charge is -2.19.